The minimum atomic E-state index is -0.304. The molecule has 2 nitrogen and oxygen atoms in total. The van der Waals surface area contributed by atoms with Gasteiger partial charge in [-0.25, -0.2) is 4.79 Å². The van der Waals surface area contributed by atoms with Crippen molar-refractivity contribution in [3.8, 4) is 0 Å². The number of halogens is 1. The number of hydrogen-bond donors (Lipinski definition) is 0. The lowest BCUT2D eigenvalue weighted by atomic mass is 10.1. The van der Waals surface area contributed by atoms with Crippen LogP contribution in [-0.2, 0) is 11.2 Å². The number of carbonyl (C=O) groups excluding carboxylic acids is 1. The van der Waals surface area contributed by atoms with E-state index in [1.807, 2.05) is 25.1 Å². The highest BCUT2D eigenvalue weighted by Gasteiger charge is 2.09. The van der Waals surface area contributed by atoms with Gasteiger partial charge in [-0.15, -0.1) is 0 Å². The first-order valence-corrected chi connectivity index (χ1v) is 4.85. The lowest BCUT2D eigenvalue weighted by Crippen LogP contribution is -2.02. The van der Waals surface area contributed by atoms with Gasteiger partial charge in [0.2, 0.25) is 0 Å². The monoisotopic (exact) mass is 242 g/mol. The van der Waals surface area contributed by atoms with Crippen LogP contribution in [0.3, 0.4) is 0 Å². The van der Waals surface area contributed by atoms with Crippen LogP contribution in [0.5, 0.6) is 0 Å². The van der Waals surface area contributed by atoms with Gasteiger partial charge in [-0.05, 0) is 40.0 Å². The van der Waals surface area contributed by atoms with Gasteiger partial charge >= 0.3 is 5.97 Å². The van der Waals surface area contributed by atoms with E-state index in [-0.39, 0.29) is 5.97 Å². The molecular weight excluding hydrogens is 232 g/mol. The summed E-state index contributed by atoms with van der Waals surface area (Å²) in [6.45, 7) is 2.05. The largest absolute Gasteiger partial charge is 0.465 e. The molecule has 1 rings (SSSR count). The van der Waals surface area contributed by atoms with Crippen LogP contribution in [0.2, 0.25) is 0 Å². The van der Waals surface area contributed by atoms with Gasteiger partial charge in [0.15, 0.2) is 0 Å². The Balaban J connectivity index is 3.11. The lowest BCUT2D eigenvalue weighted by Gasteiger charge is -2.04. The number of hydrogen-bond acceptors (Lipinski definition) is 2. The Morgan fingerprint density at radius 3 is 2.77 bits per heavy atom. The van der Waals surface area contributed by atoms with Crippen molar-refractivity contribution in [1.82, 2.24) is 0 Å². The first kappa shape index (κ1) is 10.3. The van der Waals surface area contributed by atoms with Crippen molar-refractivity contribution < 1.29 is 9.53 Å². The standard InChI is InChI=1S/C10H11BrO2/c1-3-7-4-5-9(11)8(6-7)10(12)13-2/h4-6H,3H2,1-2H3. The number of rotatable bonds is 2. The van der Waals surface area contributed by atoms with Crippen LogP contribution in [0.4, 0.5) is 0 Å². The Hall–Kier alpha value is -0.830. The van der Waals surface area contributed by atoms with E-state index in [0.29, 0.717) is 5.56 Å². The number of ether oxygens (including phenoxy) is 1. The predicted molar refractivity (Wildman–Crippen MR) is 54.9 cm³/mol. The average Bonchev–Trinajstić information content (AvgIpc) is 2.17. The van der Waals surface area contributed by atoms with Crippen LogP contribution in [0.1, 0.15) is 22.8 Å². The molecule has 0 aliphatic rings. The molecule has 0 atom stereocenters. The summed E-state index contributed by atoms with van der Waals surface area (Å²) in [6.07, 6.45) is 0.914. The van der Waals surface area contributed by atoms with E-state index in [1.165, 1.54) is 7.11 Å². The molecule has 0 saturated heterocycles. The summed E-state index contributed by atoms with van der Waals surface area (Å²) >= 11 is 3.30. The number of methoxy groups -OCH3 is 1. The van der Waals surface area contributed by atoms with Crippen LogP contribution in [0.15, 0.2) is 22.7 Å². The molecule has 0 N–H and O–H groups in total. The highest BCUT2D eigenvalue weighted by Crippen LogP contribution is 2.19. The molecule has 0 unspecified atom stereocenters. The fourth-order valence-electron chi connectivity index (χ4n) is 1.06. The zero-order valence-corrected chi connectivity index (χ0v) is 9.22. The first-order chi connectivity index (χ1) is 6.19. The third kappa shape index (κ3) is 2.31. The predicted octanol–water partition coefficient (Wildman–Crippen LogP) is 2.80. The minimum Gasteiger partial charge on any atom is -0.465 e. The molecule has 0 aliphatic carbocycles. The smallest absolute Gasteiger partial charge is 0.339 e. The highest BCUT2D eigenvalue weighted by atomic mass is 79.9. The fourth-order valence-corrected chi connectivity index (χ4v) is 1.47. The van der Waals surface area contributed by atoms with Gasteiger partial charge < -0.3 is 4.74 Å². The summed E-state index contributed by atoms with van der Waals surface area (Å²) in [5.74, 6) is -0.304. The summed E-state index contributed by atoms with van der Waals surface area (Å²) in [6, 6.07) is 5.69. The number of esters is 1. The molecular formula is C10H11BrO2. The lowest BCUT2D eigenvalue weighted by molar-refractivity contribution is 0.0599. The van der Waals surface area contributed by atoms with Crippen molar-refractivity contribution in [2.75, 3.05) is 7.11 Å². The van der Waals surface area contributed by atoms with Crippen molar-refractivity contribution in [2.45, 2.75) is 13.3 Å². The zero-order valence-electron chi connectivity index (χ0n) is 7.63. The van der Waals surface area contributed by atoms with E-state index in [0.717, 1.165) is 16.5 Å². The zero-order chi connectivity index (χ0) is 9.84. The maximum Gasteiger partial charge on any atom is 0.339 e. The summed E-state index contributed by atoms with van der Waals surface area (Å²) in [4.78, 5) is 11.3. The molecule has 0 aromatic heterocycles. The van der Waals surface area contributed by atoms with E-state index < -0.39 is 0 Å². The second kappa shape index (κ2) is 4.42. The molecule has 0 saturated carbocycles. The van der Waals surface area contributed by atoms with Crippen LogP contribution in [-0.4, -0.2) is 13.1 Å². The topological polar surface area (TPSA) is 26.3 Å². The van der Waals surface area contributed by atoms with E-state index >= 15 is 0 Å². The van der Waals surface area contributed by atoms with Crippen LogP contribution in [0, 0.1) is 0 Å². The second-order valence-corrected chi connectivity index (χ2v) is 3.51. The molecule has 1 aromatic rings. The molecule has 1 aromatic carbocycles. The number of benzene rings is 1. The molecule has 13 heavy (non-hydrogen) atoms. The van der Waals surface area contributed by atoms with E-state index in [4.69, 9.17) is 0 Å². The molecule has 0 heterocycles. The van der Waals surface area contributed by atoms with Gasteiger partial charge in [0.05, 0.1) is 12.7 Å². The Bertz CT molecular complexity index is 321. The number of carbonyl (C=O) groups is 1. The maximum atomic E-state index is 11.3. The summed E-state index contributed by atoms with van der Waals surface area (Å²) < 4.78 is 5.42. The van der Waals surface area contributed by atoms with Crippen molar-refractivity contribution in [3.05, 3.63) is 33.8 Å². The average molecular weight is 243 g/mol. The third-order valence-electron chi connectivity index (χ3n) is 1.84. The van der Waals surface area contributed by atoms with Crippen LogP contribution >= 0.6 is 15.9 Å². The van der Waals surface area contributed by atoms with Gasteiger partial charge in [-0.1, -0.05) is 13.0 Å². The van der Waals surface area contributed by atoms with E-state index in [2.05, 4.69) is 20.7 Å². The Labute approximate surface area is 86.0 Å². The Morgan fingerprint density at radius 2 is 2.23 bits per heavy atom. The van der Waals surface area contributed by atoms with Gasteiger partial charge in [-0.3, -0.25) is 0 Å². The molecule has 70 valence electrons. The van der Waals surface area contributed by atoms with Crippen LogP contribution in [0.25, 0.3) is 0 Å². The van der Waals surface area contributed by atoms with Crippen molar-refractivity contribution in [2.24, 2.45) is 0 Å². The Morgan fingerprint density at radius 1 is 1.54 bits per heavy atom. The molecule has 0 spiro atoms. The van der Waals surface area contributed by atoms with Gasteiger partial charge in [0, 0.05) is 4.47 Å². The third-order valence-corrected chi connectivity index (χ3v) is 2.54. The SMILES string of the molecule is CCc1ccc(Br)c(C(=O)OC)c1. The molecule has 0 aliphatic heterocycles. The van der Waals surface area contributed by atoms with Gasteiger partial charge in [0.25, 0.3) is 0 Å². The van der Waals surface area contributed by atoms with E-state index in [9.17, 15) is 4.79 Å². The van der Waals surface area contributed by atoms with Crippen molar-refractivity contribution >= 4 is 21.9 Å². The number of aryl methyl sites for hydroxylation is 1. The summed E-state index contributed by atoms with van der Waals surface area (Å²) in [5, 5.41) is 0. The van der Waals surface area contributed by atoms with Gasteiger partial charge in [-0.2, -0.15) is 0 Å². The molecule has 0 radical (unpaired) electrons. The summed E-state index contributed by atoms with van der Waals surface area (Å²) in [7, 11) is 1.38. The molecule has 0 fully saturated rings. The normalized spacial score (nSPS) is 9.77. The second-order valence-electron chi connectivity index (χ2n) is 2.66. The minimum absolute atomic E-state index is 0.304. The highest BCUT2D eigenvalue weighted by molar-refractivity contribution is 9.10. The van der Waals surface area contributed by atoms with Gasteiger partial charge in [0.1, 0.15) is 0 Å². The fraction of sp³-hybridized carbons (Fsp3) is 0.300. The molecule has 3 heteroatoms. The molecule has 0 bridgehead atoms. The first-order valence-electron chi connectivity index (χ1n) is 4.05. The quantitative estimate of drug-likeness (QED) is 0.746. The summed E-state index contributed by atoms with van der Waals surface area (Å²) in [5.41, 5.74) is 1.71. The molecule has 0 amide bonds. The Kier molecular flexibility index (Phi) is 3.48. The van der Waals surface area contributed by atoms with Crippen molar-refractivity contribution in [1.29, 1.82) is 0 Å². The maximum absolute atomic E-state index is 11.3. The van der Waals surface area contributed by atoms with Crippen LogP contribution < -0.4 is 0 Å². The van der Waals surface area contributed by atoms with Crippen molar-refractivity contribution in [3.63, 3.8) is 0 Å². The van der Waals surface area contributed by atoms with E-state index in [1.54, 1.807) is 0 Å².